The molecule has 0 spiro atoms. The van der Waals surface area contributed by atoms with Crippen molar-refractivity contribution >= 4 is 8.80 Å². The Kier molecular flexibility index (Phi) is 6.58. The maximum atomic E-state index is 5.34. The molecule has 79 valence electrons. The fourth-order valence-electron chi connectivity index (χ4n) is 1.40. The van der Waals surface area contributed by atoms with Gasteiger partial charge in [0.1, 0.15) is 0 Å². The Hall–Kier alpha value is 0.0969. The zero-order chi connectivity index (χ0) is 10.4. The van der Waals surface area contributed by atoms with Gasteiger partial charge in [-0.1, -0.05) is 0 Å². The minimum Gasteiger partial charge on any atom is -0.385 e. The van der Waals surface area contributed by atoms with Crippen LogP contribution in [0.2, 0.25) is 0 Å². The number of rotatable bonds is 6. The number of methoxy groups -OCH3 is 3. The Bertz CT molecular complexity index is 108. The highest BCUT2D eigenvalue weighted by atomic mass is 28.3. The van der Waals surface area contributed by atoms with Gasteiger partial charge in [0.25, 0.3) is 0 Å². The largest absolute Gasteiger partial charge is 0.385 e. The fraction of sp³-hybridized carbons (Fsp3) is 1.00. The second-order valence-corrected chi connectivity index (χ2v) is 6.57. The zero-order valence-corrected chi connectivity index (χ0v) is 10.5. The maximum absolute atomic E-state index is 5.34. The van der Waals surface area contributed by atoms with Gasteiger partial charge < -0.3 is 14.2 Å². The summed E-state index contributed by atoms with van der Waals surface area (Å²) < 4.78 is 16.0. The average Bonchev–Trinajstić information content (AvgIpc) is 2.16. The molecule has 4 heteroatoms. The van der Waals surface area contributed by atoms with Crippen LogP contribution in [0.1, 0.15) is 20.8 Å². The first-order valence-corrected chi connectivity index (χ1v) is 6.26. The van der Waals surface area contributed by atoms with Crippen molar-refractivity contribution in [2.24, 2.45) is 0 Å². The number of ether oxygens (including phenoxy) is 3. The molecule has 3 unspecified atom stereocenters. The molecule has 0 aliphatic heterocycles. The van der Waals surface area contributed by atoms with Crippen LogP contribution in [-0.2, 0) is 14.2 Å². The Balaban J connectivity index is 4.34. The molecule has 0 aliphatic carbocycles. The van der Waals surface area contributed by atoms with Gasteiger partial charge in [0.2, 0.25) is 0 Å². The number of hydrogen-bond acceptors (Lipinski definition) is 3. The minimum absolute atomic E-state index is 0.245. The van der Waals surface area contributed by atoms with E-state index in [0.29, 0.717) is 0 Å². The van der Waals surface area contributed by atoms with Crippen molar-refractivity contribution in [3.63, 3.8) is 0 Å². The van der Waals surface area contributed by atoms with Crippen LogP contribution < -0.4 is 0 Å². The summed E-state index contributed by atoms with van der Waals surface area (Å²) in [4.78, 5) is 0. The Morgan fingerprint density at radius 1 is 0.692 bits per heavy atom. The Morgan fingerprint density at radius 2 is 0.923 bits per heavy atom. The van der Waals surface area contributed by atoms with Gasteiger partial charge in [-0.05, 0) is 20.8 Å². The quantitative estimate of drug-likeness (QED) is 0.610. The van der Waals surface area contributed by atoms with Gasteiger partial charge in [-0.3, -0.25) is 0 Å². The van der Waals surface area contributed by atoms with Crippen LogP contribution in [0.4, 0.5) is 0 Å². The highest BCUT2D eigenvalue weighted by Gasteiger charge is 2.32. The predicted octanol–water partition coefficient (Wildman–Crippen LogP) is 1.20. The molecule has 0 aromatic heterocycles. The first-order chi connectivity index (χ1) is 6.08. The van der Waals surface area contributed by atoms with Crippen molar-refractivity contribution < 1.29 is 14.2 Å². The van der Waals surface area contributed by atoms with Crippen LogP contribution in [0.3, 0.4) is 0 Å². The van der Waals surface area contributed by atoms with Gasteiger partial charge in [0.15, 0.2) is 8.80 Å². The van der Waals surface area contributed by atoms with E-state index in [1.54, 1.807) is 21.3 Å². The lowest BCUT2D eigenvalue weighted by atomic mass is 10.8. The van der Waals surface area contributed by atoms with E-state index in [0.717, 1.165) is 0 Å². The van der Waals surface area contributed by atoms with Crippen LogP contribution in [0.15, 0.2) is 0 Å². The smallest absolute Gasteiger partial charge is 0.153 e. The van der Waals surface area contributed by atoms with Crippen molar-refractivity contribution in [1.82, 2.24) is 0 Å². The van der Waals surface area contributed by atoms with Crippen molar-refractivity contribution in [1.29, 1.82) is 0 Å². The molecule has 13 heavy (non-hydrogen) atoms. The molecule has 1 radical (unpaired) electrons. The molecule has 0 N–H and O–H groups in total. The van der Waals surface area contributed by atoms with E-state index in [9.17, 15) is 0 Å². The molecule has 0 aliphatic rings. The second-order valence-electron chi connectivity index (χ2n) is 3.13. The lowest BCUT2D eigenvalue weighted by molar-refractivity contribution is 0.110. The summed E-state index contributed by atoms with van der Waals surface area (Å²) in [5, 5.41) is 0. The molecule has 0 aromatic carbocycles. The van der Waals surface area contributed by atoms with E-state index < -0.39 is 8.80 Å². The van der Waals surface area contributed by atoms with Crippen molar-refractivity contribution in [3.05, 3.63) is 0 Å². The molecule has 0 saturated heterocycles. The first kappa shape index (κ1) is 13.1. The first-order valence-electron chi connectivity index (χ1n) is 4.53. The molecule has 0 aromatic rings. The van der Waals surface area contributed by atoms with E-state index in [2.05, 4.69) is 20.8 Å². The molecule has 0 fully saturated rings. The lowest BCUT2D eigenvalue weighted by Gasteiger charge is -2.29. The summed E-state index contributed by atoms with van der Waals surface area (Å²) in [6.07, 6.45) is 0. The minimum atomic E-state index is -0.797. The summed E-state index contributed by atoms with van der Waals surface area (Å²) in [5.41, 5.74) is 0.736. The average molecular weight is 205 g/mol. The third-order valence-electron chi connectivity index (χ3n) is 2.47. The Morgan fingerprint density at radius 3 is 1.08 bits per heavy atom. The van der Waals surface area contributed by atoms with Gasteiger partial charge in [-0.2, -0.15) is 0 Å². The van der Waals surface area contributed by atoms with Crippen molar-refractivity contribution in [3.8, 4) is 0 Å². The van der Waals surface area contributed by atoms with Gasteiger partial charge in [-0.25, -0.2) is 0 Å². The van der Waals surface area contributed by atoms with Crippen LogP contribution in [0, 0.1) is 0 Å². The zero-order valence-electron chi connectivity index (χ0n) is 9.46. The normalized spacial score (nSPS) is 18.7. The number of hydrogen-bond donors (Lipinski definition) is 0. The summed E-state index contributed by atoms with van der Waals surface area (Å²) in [7, 11) is 4.41. The summed E-state index contributed by atoms with van der Waals surface area (Å²) in [6, 6.07) is 0. The van der Waals surface area contributed by atoms with Gasteiger partial charge in [-0.15, -0.1) is 0 Å². The maximum Gasteiger partial charge on any atom is 0.153 e. The standard InChI is InChI=1S/C9H21O3Si/c1-7(10-4)13(8(2)11-5)9(3)12-6/h7-9H,1-6H3. The summed E-state index contributed by atoms with van der Waals surface area (Å²) in [6.45, 7) is 6.25. The molecule has 3 nitrogen and oxygen atoms in total. The van der Waals surface area contributed by atoms with Crippen molar-refractivity contribution in [2.75, 3.05) is 21.3 Å². The lowest BCUT2D eigenvalue weighted by Crippen LogP contribution is -2.50. The van der Waals surface area contributed by atoms with E-state index in [1.807, 2.05) is 0 Å². The molecular formula is C9H21O3Si. The van der Waals surface area contributed by atoms with E-state index in [1.165, 1.54) is 0 Å². The second kappa shape index (κ2) is 6.54. The van der Waals surface area contributed by atoms with Gasteiger partial charge >= 0.3 is 0 Å². The summed E-state index contributed by atoms with van der Waals surface area (Å²) >= 11 is 0. The van der Waals surface area contributed by atoms with Crippen LogP contribution in [-0.4, -0.2) is 47.3 Å². The highest BCUT2D eigenvalue weighted by molar-refractivity contribution is 6.62. The molecule has 3 atom stereocenters. The fourth-order valence-corrected chi connectivity index (χ4v) is 4.20. The SMILES string of the molecule is COC(C)[Si](C(C)OC)C(C)OC. The predicted molar refractivity (Wildman–Crippen MR) is 55.2 cm³/mol. The van der Waals surface area contributed by atoms with E-state index in [-0.39, 0.29) is 17.2 Å². The Labute approximate surface area is 83.0 Å². The molecule has 0 saturated carbocycles. The molecule has 0 amide bonds. The van der Waals surface area contributed by atoms with Crippen LogP contribution >= 0.6 is 0 Å². The molecule has 0 bridgehead atoms. The van der Waals surface area contributed by atoms with Gasteiger partial charge in [0.05, 0.1) is 0 Å². The molecule has 0 heterocycles. The summed E-state index contributed by atoms with van der Waals surface area (Å²) in [5.74, 6) is 0. The highest BCUT2D eigenvalue weighted by Crippen LogP contribution is 2.10. The van der Waals surface area contributed by atoms with Crippen molar-refractivity contribution in [2.45, 2.75) is 38.0 Å². The topological polar surface area (TPSA) is 27.7 Å². The van der Waals surface area contributed by atoms with Crippen LogP contribution in [0.5, 0.6) is 0 Å². The third kappa shape index (κ3) is 3.77. The van der Waals surface area contributed by atoms with Gasteiger partial charge in [0, 0.05) is 38.5 Å². The van der Waals surface area contributed by atoms with E-state index in [4.69, 9.17) is 14.2 Å². The monoisotopic (exact) mass is 205 g/mol. The van der Waals surface area contributed by atoms with Crippen LogP contribution in [0.25, 0.3) is 0 Å². The van der Waals surface area contributed by atoms with E-state index >= 15 is 0 Å². The third-order valence-corrected chi connectivity index (χ3v) is 5.99. The molecular weight excluding hydrogens is 184 g/mol. The molecule has 0 rings (SSSR count).